The van der Waals surface area contributed by atoms with Gasteiger partial charge in [0.25, 0.3) is 11.5 Å². The number of aryl methyl sites for hydroxylation is 1. The van der Waals surface area contributed by atoms with Crippen molar-refractivity contribution in [3.8, 4) is 11.3 Å². The van der Waals surface area contributed by atoms with Crippen LogP contribution in [0.2, 0.25) is 0 Å². The van der Waals surface area contributed by atoms with Crippen LogP contribution in [0.15, 0.2) is 35.3 Å². The lowest BCUT2D eigenvalue weighted by molar-refractivity contribution is 0.0763. The number of amides is 1. The van der Waals surface area contributed by atoms with Gasteiger partial charge >= 0.3 is 0 Å². The zero-order valence-corrected chi connectivity index (χ0v) is 15.7. The molecule has 0 fully saturated rings. The lowest BCUT2D eigenvalue weighted by Gasteiger charge is -2.20. The van der Waals surface area contributed by atoms with Crippen molar-refractivity contribution in [2.45, 2.75) is 19.8 Å². The van der Waals surface area contributed by atoms with E-state index in [0.29, 0.717) is 54.1 Å². The van der Waals surface area contributed by atoms with Crippen LogP contribution in [0, 0.1) is 12.7 Å². The van der Waals surface area contributed by atoms with Gasteiger partial charge in [0.2, 0.25) is 0 Å². The maximum Gasteiger partial charge on any atom is 0.257 e. The molecule has 3 heterocycles. The maximum atomic E-state index is 14.2. The first-order valence-electron chi connectivity index (χ1n) is 9.10. The number of nitrogens with one attached hydrogen (secondary N) is 1. The molecule has 1 N–H and O–H groups in total. The Bertz CT molecular complexity index is 1120. The molecule has 0 radical (unpaired) electrons. The average Bonchev–Trinajstić information content (AvgIpc) is 3.07. The highest BCUT2D eigenvalue weighted by atomic mass is 19.1. The number of rotatable bonds is 2. The highest BCUT2D eigenvalue weighted by Gasteiger charge is 2.26. The molecule has 3 aromatic rings. The van der Waals surface area contributed by atoms with E-state index in [-0.39, 0.29) is 11.5 Å². The number of carbonyl (C=O) groups excluding carboxylic acids is 1. The van der Waals surface area contributed by atoms with Crippen LogP contribution in [-0.2, 0) is 19.9 Å². The molecule has 0 bridgehead atoms. The third-order valence-electron chi connectivity index (χ3n) is 5.24. The molecule has 0 aliphatic carbocycles. The summed E-state index contributed by atoms with van der Waals surface area (Å²) in [6.45, 7) is 2.63. The van der Waals surface area contributed by atoms with Crippen molar-refractivity contribution in [2.24, 2.45) is 7.05 Å². The summed E-state index contributed by atoms with van der Waals surface area (Å²) in [6.07, 6.45) is 2.36. The Morgan fingerprint density at radius 3 is 2.75 bits per heavy atom. The number of fused-ring (bicyclic) bond motifs is 1. The molecule has 0 unspecified atom stereocenters. The molecule has 0 atom stereocenters. The van der Waals surface area contributed by atoms with Crippen LogP contribution in [0.5, 0.6) is 0 Å². The molecule has 7 nitrogen and oxygen atoms in total. The SMILES string of the molecule is Cc1nc2c(c(=O)n1C)CCN(C(=O)c1cn[nH]c1-c1ccccc1F)CC2. The Balaban J connectivity index is 1.63. The van der Waals surface area contributed by atoms with E-state index in [0.717, 1.165) is 5.69 Å². The van der Waals surface area contributed by atoms with Crippen molar-refractivity contribution in [1.82, 2.24) is 24.6 Å². The topological polar surface area (TPSA) is 83.9 Å². The van der Waals surface area contributed by atoms with E-state index in [1.54, 1.807) is 37.1 Å². The minimum Gasteiger partial charge on any atom is -0.338 e. The first kappa shape index (κ1) is 18.1. The van der Waals surface area contributed by atoms with Crippen LogP contribution in [0.1, 0.15) is 27.4 Å². The number of aromatic amines is 1. The van der Waals surface area contributed by atoms with Crippen LogP contribution in [-0.4, -0.2) is 43.6 Å². The third kappa shape index (κ3) is 3.00. The predicted molar refractivity (Wildman–Crippen MR) is 102 cm³/mol. The zero-order valence-electron chi connectivity index (χ0n) is 15.7. The number of H-pyrrole nitrogens is 1. The van der Waals surface area contributed by atoms with E-state index in [1.807, 2.05) is 0 Å². The highest BCUT2D eigenvalue weighted by molar-refractivity contribution is 5.99. The Morgan fingerprint density at radius 1 is 1.21 bits per heavy atom. The maximum absolute atomic E-state index is 14.2. The summed E-state index contributed by atoms with van der Waals surface area (Å²) in [5.41, 5.74) is 2.31. The Morgan fingerprint density at radius 2 is 1.96 bits per heavy atom. The molecule has 2 aromatic heterocycles. The average molecular weight is 381 g/mol. The molecular weight excluding hydrogens is 361 g/mol. The number of hydrogen-bond acceptors (Lipinski definition) is 4. The summed E-state index contributed by atoms with van der Waals surface area (Å²) in [6, 6.07) is 6.25. The predicted octanol–water partition coefficient (Wildman–Crippen LogP) is 1.86. The van der Waals surface area contributed by atoms with Crippen molar-refractivity contribution in [3.63, 3.8) is 0 Å². The van der Waals surface area contributed by atoms with E-state index in [9.17, 15) is 14.0 Å². The zero-order chi connectivity index (χ0) is 19.8. The molecule has 0 spiro atoms. The fourth-order valence-electron chi connectivity index (χ4n) is 3.56. The minimum atomic E-state index is -0.424. The van der Waals surface area contributed by atoms with Gasteiger partial charge in [-0.25, -0.2) is 9.37 Å². The fraction of sp³-hybridized carbons (Fsp3) is 0.300. The van der Waals surface area contributed by atoms with Gasteiger partial charge in [-0.05, 0) is 25.5 Å². The number of hydrogen-bond donors (Lipinski definition) is 1. The van der Waals surface area contributed by atoms with Crippen molar-refractivity contribution in [3.05, 3.63) is 69.3 Å². The number of halogens is 1. The number of benzene rings is 1. The number of aromatic nitrogens is 4. The standard InChI is InChI=1S/C20H20FN5O2/c1-12-23-17-8-10-26(9-7-14(17)19(27)25(12)2)20(28)15-11-22-24-18(15)13-5-3-4-6-16(13)21/h3-6,11H,7-10H2,1-2H3,(H,22,24). The molecule has 1 aliphatic heterocycles. The van der Waals surface area contributed by atoms with Gasteiger partial charge in [0, 0.05) is 37.7 Å². The Labute approximate surface area is 160 Å². The second-order valence-electron chi connectivity index (χ2n) is 6.88. The van der Waals surface area contributed by atoms with Gasteiger partial charge < -0.3 is 4.90 Å². The van der Waals surface area contributed by atoms with Crippen molar-refractivity contribution < 1.29 is 9.18 Å². The van der Waals surface area contributed by atoms with Crippen LogP contribution in [0.25, 0.3) is 11.3 Å². The van der Waals surface area contributed by atoms with Crippen LogP contribution in [0.4, 0.5) is 4.39 Å². The molecule has 28 heavy (non-hydrogen) atoms. The van der Waals surface area contributed by atoms with E-state index in [2.05, 4.69) is 15.2 Å². The van der Waals surface area contributed by atoms with Crippen molar-refractivity contribution >= 4 is 5.91 Å². The summed E-state index contributed by atoms with van der Waals surface area (Å²) in [4.78, 5) is 31.9. The van der Waals surface area contributed by atoms with Gasteiger partial charge in [0.05, 0.1) is 23.1 Å². The smallest absolute Gasteiger partial charge is 0.257 e. The monoisotopic (exact) mass is 381 g/mol. The molecule has 8 heteroatoms. The van der Waals surface area contributed by atoms with E-state index in [4.69, 9.17) is 0 Å². The molecule has 1 aromatic carbocycles. The second-order valence-corrected chi connectivity index (χ2v) is 6.88. The van der Waals surface area contributed by atoms with Crippen LogP contribution >= 0.6 is 0 Å². The van der Waals surface area contributed by atoms with Crippen molar-refractivity contribution in [2.75, 3.05) is 13.1 Å². The Kier molecular flexibility index (Phi) is 4.54. The van der Waals surface area contributed by atoms with E-state index in [1.165, 1.54) is 16.8 Å². The third-order valence-corrected chi connectivity index (χ3v) is 5.24. The molecule has 1 amide bonds. The first-order chi connectivity index (χ1) is 13.5. The van der Waals surface area contributed by atoms with Crippen LogP contribution in [0.3, 0.4) is 0 Å². The van der Waals surface area contributed by atoms with Gasteiger partial charge in [-0.3, -0.25) is 19.3 Å². The van der Waals surface area contributed by atoms with E-state index < -0.39 is 5.82 Å². The summed E-state index contributed by atoms with van der Waals surface area (Å²) < 4.78 is 15.7. The summed E-state index contributed by atoms with van der Waals surface area (Å²) >= 11 is 0. The molecule has 0 saturated carbocycles. The molecular formula is C20H20FN5O2. The Hall–Kier alpha value is -3.29. The normalized spacial score (nSPS) is 13.9. The van der Waals surface area contributed by atoms with E-state index >= 15 is 0 Å². The van der Waals surface area contributed by atoms with Gasteiger partial charge in [0.1, 0.15) is 11.6 Å². The van der Waals surface area contributed by atoms with Crippen LogP contribution < -0.4 is 5.56 Å². The molecule has 4 rings (SSSR count). The number of carbonyl (C=O) groups is 1. The fourth-order valence-corrected chi connectivity index (χ4v) is 3.56. The van der Waals surface area contributed by atoms with Gasteiger partial charge in [-0.15, -0.1) is 0 Å². The molecule has 0 saturated heterocycles. The van der Waals surface area contributed by atoms with Crippen molar-refractivity contribution in [1.29, 1.82) is 0 Å². The minimum absolute atomic E-state index is 0.0628. The second kappa shape index (κ2) is 7.03. The summed E-state index contributed by atoms with van der Waals surface area (Å²) in [5.74, 6) is -0.0131. The highest BCUT2D eigenvalue weighted by Crippen LogP contribution is 2.25. The van der Waals surface area contributed by atoms with Gasteiger partial charge in [-0.1, -0.05) is 12.1 Å². The lowest BCUT2D eigenvalue weighted by atomic mass is 10.1. The number of nitrogens with zero attached hydrogens (tertiary/aromatic N) is 4. The van der Waals surface area contributed by atoms with Gasteiger partial charge in [-0.2, -0.15) is 5.10 Å². The molecule has 144 valence electrons. The largest absolute Gasteiger partial charge is 0.338 e. The van der Waals surface area contributed by atoms with Gasteiger partial charge in [0.15, 0.2) is 0 Å². The summed E-state index contributed by atoms with van der Waals surface area (Å²) in [7, 11) is 1.70. The molecule has 1 aliphatic rings. The quantitative estimate of drug-likeness (QED) is 0.734. The lowest BCUT2D eigenvalue weighted by Crippen LogP contribution is -2.33. The summed E-state index contributed by atoms with van der Waals surface area (Å²) in [5, 5.41) is 6.69. The first-order valence-corrected chi connectivity index (χ1v) is 9.10.